The predicted molar refractivity (Wildman–Crippen MR) is 106 cm³/mol. The first kappa shape index (κ1) is 18.1. The quantitative estimate of drug-likeness (QED) is 0.657. The summed E-state index contributed by atoms with van der Waals surface area (Å²) < 4.78 is 15.0. The summed E-state index contributed by atoms with van der Waals surface area (Å²) >= 11 is 1.42. The van der Waals surface area contributed by atoms with E-state index in [1.54, 1.807) is 16.8 Å². The maximum absolute atomic E-state index is 13.2. The standard InChI is InChI=1S/C20H23FN4OS/c1-14-17-13-18(19(26)22-9-4-12-24-10-2-3-11-24)27-20(17)25(23-14)16-7-5-15(21)6-8-16/h5-8,13H,2-4,9-12H2,1H3,(H,22,26). The molecule has 0 radical (unpaired) electrons. The number of carbonyl (C=O) groups excluding carboxylic acids is 1. The lowest BCUT2D eigenvalue weighted by molar-refractivity contribution is 0.0956. The van der Waals surface area contributed by atoms with Crippen molar-refractivity contribution in [1.29, 1.82) is 0 Å². The molecular weight excluding hydrogens is 363 g/mol. The van der Waals surface area contributed by atoms with Crippen molar-refractivity contribution in [2.75, 3.05) is 26.2 Å². The minimum Gasteiger partial charge on any atom is -0.351 e. The van der Waals surface area contributed by atoms with Gasteiger partial charge < -0.3 is 10.2 Å². The van der Waals surface area contributed by atoms with Crippen LogP contribution >= 0.6 is 11.3 Å². The van der Waals surface area contributed by atoms with Gasteiger partial charge in [-0.05, 0) is 76.2 Å². The molecule has 27 heavy (non-hydrogen) atoms. The third-order valence-corrected chi connectivity index (χ3v) is 6.08. The van der Waals surface area contributed by atoms with Crippen LogP contribution in [0.2, 0.25) is 0 Å². The highest BCUT2D eigenvalue weighted by Gasteiger charge is 2.17. The Kier molecular flexibility index (Phi) is 5.22. The van der Waals surface area contributed by atoms with Crippen LogP contribution in [0.15, 0.2) is 30.3 Å². The van der Waals surface area contributed by atoms with Gasteiger partial charge >= 0.3 is 0 Å². The predicted octanol–water partition coefficient (Wildman–Crippen LogP) is 3.75. The van der Waals surface area contributed by atoms with E-state index in [-0.39, 0.29) is 11.7 Å². The molecule has 3 aromatic rings. The summed E-state index contributed by atoms with van der Waals surface area (Å²) in [6.07, 6.45) is 3.55. The first-order chi connectivity index (χ1) is 13.1. The summed E-state index contributed by atoms with van der Waals surface area (Å²) in [6.45, 7) is 6.03. The summed E-state index contributed by atoms with van der Waals surface area (Å²) in [5.41, 5.74) is 1.65. The molecule has 1 amide bonds. The van der Waals surface area contributed by atoms with Crippen molar-refractivity contribution < 1.29 is 9.18 Å². The average Bonchev–Trinajstić information content (AvgIpc) is 3.38. The Bertz CT molecular complexity index is 941. The highest BCUT2D eigenvalue weighted by molar-refractivity contribution is 7.20. The SMILES string of the molecule is Cc1nn(-c2ccc(F)cc2)c2sc(C(=O)NCCCN3CCCC3)cc12. The second-order valence-corrected chi connectivity index (χ2v) is 7.99. The molecule has 5 nitrogen and oxygen atoms in total. The van der Waals surface area contributed by atoms with Gasteiger partial charge in [0.1, 0.15) is 10.6 Å². The molecule has 1 fully saturated rings. The second-order valence-electron chi connectivity index (χ2n) is 6.96. The first-order valence-electron chi connectivity index (χ1n) is 9.37. The van der Waals surface area contributed by atoms with E-state index in [4.69, 9.17) is 0 Å². The third-order valence-electron chi connectivity index (χ3n) is 4.97. The van der Waals surface area contributed by atoms with Gasteiger partial charge in [0.25, 0.3) is 5.91 Å². The summed E-state index contributed by atoms with van der Waals surface area (Å²) in [5, 5.41) is 8.53. The molecule has 1 aliphatic heterocycles. The summed E-state index contributed by atoms with van der Waals surface area (Å²) in [5.74, 6) is -0.318. The minimum absolute atomic E-state index is 0.0392. The van der Waals surface area contributed by atoms with Gasteiger partial charge in [0.05, 0.1) is 16.3 Å². The summed E-state index contributed by atoms with van der Waals surface area (Å²) in [4.78, 5) is 16.6. The molecule has 0 atom stereocenters. The number of nitrogens with one attached hydrogen (secondary N) is 1. The van der Waals surface area contributed by atoms with E-state index in [2.05, 4.69) is 15.3 Å². The van der Waals surface area contributed by atoms with Gasteiger partial charge in [-0.25, -0.2) is 9.07 Å². The molecule has 7 heteroatoms. The molecule has 3 heterocycles. The lowest BCUT2D eigenvalue weighted by atomic mass is 10.3. The van der Waals surface area contributed by atoms with Gasteiger partial charge in [-0.15, -0.1) is 11.3 Å². The fourth-order valence-corrected chi connectivity index (χ4v) is 4.61. The number of hydrogen-bond donors (Lipinski definition) is 1. The van der Waals surface area contributed by atoms with Crippen molar-refractivity contribution in [2.45, 2.75) is 26.2 Å². The first-order valence-corrected chi connectivity index (χ1v) is 10.2. The van der Waals surface area contributed by atoms with E-state index in [0.717, 1.165) is 34.6 Å². The van der Waals surface area contributed by atoms with Gasteiger partial charge in [0, 0.05) is 11.9 Å². The van der Waals surface area contributed by atoms with Crippen LogP contribution in [-0.4, -0.2) is 46.8 Å². The zero-order chi connectivity index (χ0) is 18.8. The molecule has 1 saturated heterocycles. The molecule has 0 saturated carbocycles. The van der Waals surface area contributed by atoms with Crippen LogP contribution in [-0.2, 0) is 0 Å². The number of likely N-dealkylation sites (tertiary alicyclic amines) is 1. The topological polar surface area (TPSA) is 50.2 Å². The Morgan fingerprint density at radius 2 is 2.00 bits per heavy atom. The molecule has 4 rings (SSSR count). The molecule has 1 N–H and O–H groups in total. The van der Waals surface area contributed by atoms with Crippen LogP contribution in [0.5, 0.6) is 0 Å². The highest BCUT2D eigenvalue weighted by Crippen LogP contribution is 2.30. The molecular formula is C20H23FN4OS. The molecule has 0 spiro atoms. The Balaban J connectivity index is 1.45. The van der Waals surface area contributed by atoms with E-state index in [9.17, 15) is 9.18 Å². The molecule has 2 aromatic heterocycles. The van der Waals surface area contributed by atoms with Gasteiger partial charge in [-0.2, -0.15) is 5.10 Å². The normalized spacial score (nSPS) is 14.9. The van der Waals surface area contributed by atoms with Crippen LogP contribution in [0.1, 0.15) is 34.6 Å². The largest absolute Gasteiger partial charge is 0.351 e. The van der Waals surface area contributed by atoms with E-state index in [0.29, 0.717) is 11.4 Å². The summed E-state index contributed by atoms with van der Waals surface area (Å²) in [6, 6.07) is 8.12. The average molecular weight is 386 g/mol. The summed E-state index contributed by atoms with van der Waals surface area (Å²) in [7, 11) is 0. The van der Waals surface area contributed by atoms with Crippen molar-refractivity contribution in [3.8, 4) is 5.69 Å². The zero-order valence-electron chi connectivity index (χ0n) is 15.4. The smallest absolute Gasteiger partial charge is 0.261 e. The van der Waals surface area contributed by atoms with Crippen LogP contribution < -0.4 is 5.32 Å². The fourth-order valence-electron chi connectivity index (χ4n) is 3.51. The van der Waals surface area contributed by atoms with E-state index in [1.807, 2.05) is 13.0 Å². The number of carbonyl (C=O) groups is 1. The number of rotatable bonds is 6. The lowest BCUT2D eigenvalue weighted by Gasteiger charge is -2.14. The number of amides is 1. The monoisotopic (exact) mass is 386 g/mol. The van der Waals surface area contributed by atoms with Crippen molar-refractivity contribution in [2.24, 2.45) is 0 Å². The molecule has 1 aromatic carbocycles. The van der Waals surface area contributed by atoms with Crippen molar-refractivity contribution in [3.05, 3.63) is 46.7 Å². The zero-order valence-corrected chi connectivity index (χ0v) is 16.2. The third kappa shape index (κ3) is 3.89. The maximum Gasteiger partial charge on any atom is 0.261 e. The Hall–Kier alpha value is -2.25. The minimum atomic E-state index is -0.279. The number of halogens is 1. The van der Waals surface area contributed by atoms with Crippen LogP contribution in [0.25, 0.3) is 15.9 Å². The molecule has 0 unspecified atom stereocenters. The van der Waals surface area contributed by atoms with Crippen LogP contribution in [0.3, 0.4) is 0 Å². The fraction of sp³-hybridized carbons (Fsp3) is 0.400. The van der Waals surface area contributed by atoms with Crippen LogP contribution in [0, 0.1) is 12.7 Å². The number of thiophene rings is 1. The number of hydrogen-bond acceptors (Lipinski definition) is 4. The van der Waals surface area contributed by atoms with E-state index < -0.39 is 0 Å². The molecule has 1 aliphatic rings. The molecule has 142 valence electrons. The Morgan fingerprint density at radius 3 is 2.74 bits per heavy atom. The highest BCUT2D eigenvalue weighted by atomic mass is 32.1. The number of fused-ring (bicyclic) bond motifs is 1. The Morgan fingerprint density at radius 1 is 1.26 bits per heavy atom. The van der Waals surface area contributed by atoms with Gasteiger partial charge in [0.2, 0.25) is 0 Å². The Labute approximate surface area is 161 Å². The number of nitrogens with zero attached hydrogens (tertiary/aromatic N) is 3. The molecule has 0 aliphatic carbocycles. The van der Waals surface area contributed by atoms with E-state index in [1.165, 1.54) is 49.4 Å². The second kappa shape index (κ2) is 7.78. The number of aromatic nitrogens is 2. The van der Waals surface area contributed by atoms with E-state index >= 15 is 0 Å². The maximum atomic E-state index is 13.2. The van der Waals surface area contributed by atoms with Crippen molar-refractivity contribution in [3.63, 3.8) is 0 Å². The van der Waals surface area contributed by atoms with Gasteiger partial charge in [-0.3, -0.25) is 4.79 Å². The van der Waals surface area contributed by atoms with Crippen molar-refractivity contribution in [1.82, 2.24) is 20.0 Å². The van der Waals surface area contributed by atoms with Gasteiger partial charge in [-0.1, -0.05) is 0 Å². The number of aryl methyl sites for hydroxylation is 1. The van der Waals surface area contributed by atoms with Gasteiger partial charge in [0.15, 0.2) is 0 Å². The molecule has 0 bridgehead atoms. The van der Waals surface area contributed by atoms with Crippen molar-refractivity contribution >= 4 is 27.5 Å². The number of benzene rings is 1. The lowest BCUT2D eigenvalue weighted by Crippen LogP contribution is -2.28. The van der Waals surface area contributed by atoms with Crippen LogP contribution in [0.4, 0.5) is 4.39 Å².